The summed E-state index contributed by atoms with van der Waals surface area (Å²) in [7, 11) is 1.66. The first-order chi connectivity index (χ1) is 9.74. The molecule has 102 valence electrons. The first kappa shape index (κ1) is 14.8. The predicted molar refractivity (Wildman–Crippen MR) is 93.1 cm³/mol. The largest absolute Gasteiger partial charge is 0.497 e. The maximum Gasteiger partial charge on any atom is 0.118 e. The number of hydrogen-bond acceptors (Lipinski definition) is 2. The molecule has 2 aromatic carbocycles. The fourth-order valence-electron chi connectivity index (χ4n) is 1.88. The van der Waals surface area contributed by atoms with E-state index in [1.165, 1.54) is 0 Å². The molecule has 2 rings (SSSR count). The lowest BCUT2D eigenvalue weighted by Crippen LogP contribution is -1.97. The van der Waals surface area contributed by atoms with Gasteiger partial charge in [0.05, 0.1) is 12.8 Å². The molecule has 1 N–H and O–H groups in total. The van der Waals surface area contributed by atoms with Crippen LogP contribution in [0.5, 0.6) is 5.75 Å². The smallest absolute Gasteiger partial charge is 0.118 e. The summed E-state index contributed by atoms with van der Waals surface area (Å²) in [5, 5.41) is 8.19. The van der Waals surface area contributed by atoms with Crippen LogP contribution < -0.4 is 4.74 Å². The van der Waals surface area contributed by atoms with E-state index in [1.54, 1.807) is 7.11 Å². The van der Waals surface area contributed by atoms with Crippen molar-refractivity contribution in [3.8, 4) is 5.75 Å². The minimum absolute atomic E-state index is 0.535. The highest BCUT2D eigenvalue weighted by atomic mass is 127. The van der Waals surface area contributed by atoms with Crippen LogP contribution in [0.1, 0.15) is 11.1 Å². The van der Waals surface area contributed by atoms with Crippen LogP contribution in [0.15, 0.2) is 60.7 Å². The molecule has 0 fully saturated rings. The Labute approximate surface area is 133 Å². The summed E-state index contributed by atoms with van der Waals surface area (Å²) >= 11 is 2.33. The minimum atomic E-state index is 0.535. The van der Waals surface area contributed by atoms with Gasteiger partial charge in [-0.3, -0.25) is 0 Å². The number of halogens is 1. The van der Waals surface area contributed by atoms with Crippen LogP contribution in [0.3, 0.4) is 0 Å². The van der Waals surface area contributed by atoms with Crippen molar-refractivity contribution in [3.05, 3.63) is 71.8 Å². The molecular weight excluding hydrogens is 361 g/mol. The topological polar surface area (TPSA) is 33.1 Å². The Hall–Kier alpha value is -1.62. The Balaban J connectivity index is 2.26. The van der Waals surface area contributed by atoms with E-state index >= 15 is 0 Å². The van der Waals surface area contributed by atoms with Crippen LogP contribution in [0.2, 0.25) is 0 Å². The SMILES string of the molecule is COc1ccc(/C(=C\C(=N)c2ccccc2)CI)cc1. The molecule has 2 nitrogen and oxygen atoms in total. The standard InChI is InChI=1S/C17H16INO/c1-20-16-9-7-13(8-10-16)15(12-18)11-17(19)14-5-3-2-4-6-14/h2-11,19H,12H2,1H3/b15-11-,19-17?. The first-order valence-electron chi connectivity index (χ1n) is 6.29. The second-order valence-electron chi connectivity index (χ2n) is 4.31. The lowest BCUT2D eigenvalue weighted by Gasteiger charge is -2.07. The van der Waals surface area contributed by atoms with Gasteiger partial charge in [-0.15, -0.1) is 0 Å². The van der Waals surface area contributed by atoms with Gasteiger partial charge in [-0.05, 0) is 34.9 Å². The molecule has 20 heavy (non-hydrogen) atoms. The third kappa shape index (κ3) is 3.70. The quantitative estimate of drug-likeness (QED) is 0.462. The number of benzene rings is 2. The summed E-state index contributed by atoms with van der Waals surface area (Å²) in [6, 6.07) is 17.7. The maximum absolute atomic E-state index is 8.19. The molecule has 2 aromatic rings. The summed E-state index contributed by atoms with van der Waals surface area (Å²) in [5.41, 5.74) is 3.74. The molecule has 0 amide bonds. The summed E-state index contributed by atoms with van der Waals surface area (Å²) in [5.74, 6) is 0.847. The van der Waals surface area contributed by atoms with Crippen LogP contribution >= 0.6 is 22.6 Å². The van der Waals surface area contributed by atoms with Gasteiger partial charge in [0.2, 0.25) is 0 Å². The molecule has 0 aliphatic heterocycles. The van der Waals surface area contributed by atoms with Crippen LogP contribution in [-0.4, -0.2) is 17.2 Å². The Kier molecular flexibility index (Phi) is 5.35. The molecule has 0 atom stereocenters. The number of ether oxygens (including phenoxy) is 1. The van der Waals surface area contributed by atoms with Gasteiger partial charge < -0.3 is 10.1 Å². The molecule has 0 aliphatic carbocycles. The van der Waals surface area contributed by atoms with Gasteiger partial charge in [0, 0.05) is 4.43 Å². The van der Waals surface area contributed by atoms with E-state index in [1.807, 2.05) is 60.7 Å². The van der Waals surface area contributed by atoms with Gasteiger partial charge in [-0.25, -0.2) is 0 Å². The van der Waals surface area contributed by atoms with Gasteiger partial charge in [0.15, 0.2) is 0 Å². The highest BCUT2D eigenvalue weighted by Crippen LogP contribution is 2.21. The van der Waals surface area contributed by atoms with Crippen LogP contribution in [0.25, 0.3) is 5.57 Å². The third-order valence-electron chi connectivity index (χ3n) is 3.01. The number of allylic oxidation sites excluding steroid dienone is 2. The lowest BCUT2D eigenvalue weighted by molar-refractivity contribution is 0.415. The zero-order valence-electron chi connectivity index (χ0n) is 11.3. The van der Waals surface area contributed by atoms with Crippen molar-refractivity contribution in [3.63, 3.8) is 0 Å². The van der Waals surface area contributed by atoms with E-state index in [0.29, 0.717) is 5.71 Å². The summed E-state index contributed by atoms with van der Waals surface area (Å²) in [4.78, 5) is 0. The molecule has 0 bridgehead atoms. The molecule has 0 unspecified atom stereocenters. The molecule has 0 saturated heterocycles. The molecule has 0 heterocycles. The van der Waals surface area contributed by atoms with E-state index < -0.39 is 0 Å². The molecular formula is C17H16INO. The number of alkyl halides is 1. The molecule has 0 radical (unpaired) electrons. The van der Waals surface area contributed by atoms with Crippen molar-refractivity contribution in [1.82, 2.24) is 0 Å². The zero-order chi connectivity index (χ0) is 14.4. The monoisotopic (exact) mass is 377 g/mol. The van der Waals surface area contributed by atoms with E-state index in [0.717, 1.165) is 26.9 Å². The van der Waals surface area contributed by atoms with Crippen LogP contribution in [0.4, 0.5) is 0 Å². The van der Waals surface area contributed by atoms with Gasteiger partial charge in [0.25, 0.3) is 0 Å². The normalized spacial score (nSPS) is 11.2. The van der Waals surface area contributed by atoms with Crippen molar-refractivity contribution in [2.75, 3.05) is 11.5 Å². The summed E-state index contributed by atoms with van der Waals surface area (Å²) in [6.07, 6.45) is 1.93. The van der Waals surface area contributed by atoms with Gasteiger partial charge >= 0.3 is 0 Å². The Morgan fingerprint density at radius 1 is 1.05 bits per heavy atom. The Morgan fingerprint density at radius 3 is 2.25 bits per heavy atom. The molecule has 0 saturated carbocycles. The fourth-order valence-corrected chi connectivity index (χ4v) is 2.54. The summed E-state index contributed by atoms with van der Waals surface area (Å²) < 4.78 is 6.03. The second-order valence-corrected chi connectivity index (χ2v) is 5.07. The number of hydrogen-bond donors (Lipinski definition) is 1. The highest BCUT2D eigenvalue weighted by Gasteiger charge is 2.04. The number of nitrogens with one attached hydrogen (secondary N) is 1. The van der Waals surface area contributed by atoms with Gasteiger partial charge in [-0.1, -0.05) is 65.1 Å². The second kappa shape index (κ2) is 7.24. The van der Waals surface area contributed by atoms with Gasteiger partial charge in [0.1, 0.15) is 5.75 Å². The highest BCUT2D eigenvalue weighted by molar-refractivity contribution is 14.1. The van der Waals surface area contributed by atoms with E-state index in [2.05, 4.69) is 22.6 Å². The van der Waals surface area contributed by atoms with Gasteiger partial charge in [-0.2, -0.15) is 0 Å². The Bertz CT molecular complexity index is 603. The van der Waals surface area contributed by atoms with E-state index in [-0.39, 0.29) is 0 Å². The molecule has 0 aromatic heterocycles. The molecule has 0 spiro atoms. The van der Waals surface area contributed by atoms with Crippen LogP contribution in [0, 0.1) is 5.41 Å². The van der Waals surface area contributed by atoms with Crippen molar-refractivity contribution in [2.45, 2.75) is 0 Å². The third-order valence-corrected chi connectivity index (χ3v) is 3.83. The van der Waals surface area contributed by atoms with Crippen molar-refractivity contribution in [1.29, 1.82) is 5.41 Å². The Morgan fingerprint density at radius 2 is 1.70 bits per heavy atom. The minimum Gasteiger partial charge on any atom is -0.497 e. The average Bonchev–Trinajstić information content (AvgIpc) is 2.53. The predicted octanol–water partition coefficient (Wildman–Crippen LogP) is 4.58. The average molecular weight is 377 g/mol. The summed E-state index contributed by atoms with van der Waals surface area (Å²) in [6.45, 7) is 0. The zero-order valence-corrected chi connectivity index (χ0v) is 13.4. The lowest BCUT2D eigenvalue weighted by atomic mass is 10.0. The number of methoxy groups -OCH3 is 1. The molecule has 3 heteroatoms. The number of rotatable bonds is 5. The fraction of sp³-hybridized carbons (Fsp3) is 0.118. The van der Waals surface area contributed by atoms with Crippen molar-refractivity contribution >= 4 is 33.9 Å². The first-order valence-corrected chi connectivity index (χ1v) is 7.82. The van der Waals surface area contributed by atoms with Crippen LogP contribution in [-0.2, 0) is 0 Å². The molecule has 0 aliphatic rings. The van der Waals surface area contributed by atoms with Crippen molar-refractivity contribution < 1.29 is 4.74 Å². The van der Waals surface area contributed by atoms with E-state index in [9.17, 15) is 0 Å². The maximum atomic E-state index is 8.19. The van der Waals surface area contributed by atoms with Crippen molar-refractivity contribution in [2.24, 2.45) is 0 Å². The van der Waals surface area contributed by atoms with E-state index in [4.69, 9.17) is 10.1 Å².